The molecule has 0 unspecified atom stereocenters. The molecule has 13 heavy (non-hydrogen) atoms. The van der Waals surface area contributed by atoms with E-state index in [2.05, 4.69) is 18.6 Å². The average Bonchev–Trinajstić information content (AvgIpc) is 2.16. The molecule has 0 aliphatic carbocycles. The standard InChI is InChI=1S/C10H19NO2/c1-5-9(6-2)11(3)8-7-10(12)13-4/h7-9H,5-6H2,1-4H3. The minimum Gasteiger partial charge on any atom is -0.466 e. The summed E-state index contributed by atoms with van der Waals surface area (Å²) in [6.45, 7) is 4.27. The zero-order valence-corrected chi connectivity index (χ0v) is 8.91. The van der Waals surface area contributed by atoms with Crippen molar-refractivity contribution in [1.82, 2.24) is 4.90 Å². The van der Waals surface area contributed by atoms with Gasteiger partial charge in [0.15, 0.2) is 0 Å². The molecule has 0 heterocycles. The monoisotopic (exact) mass is 185 g/mol. The second-order valence-corrected chi connectivity index (χ2v) is 2.97. The lowest BCUT2D eigenvalue weighted by molar-refractivity contribution is -0.134. The van der Waals surface area contributed by atoms with E-state index in [9.17, 15) is 4.79 Å². The predicted molar refractivity (Wildman–Crippen MR) is 53.3 cm³/mol. The molecule has 0 bridgehead atoms. The molecule has 0 aromatic rings. The van der Waals surface area contributed by atoms with Gasteiger partial charge in [-0.3, -0.25) is 0 Å². The van der Waals surface area contributed by atoms with Crippen molar-refractivity contribution < 1.29 is 9.53 Å². The molecule has 0 aromatic heterocycles. The van der Waals surface area contributed by atoms with E-state index in [-0.39, 0.29) is 5.97 Å². The third-order valence-electron chi connectivity index (χ3n) is 2.17. The van der Waals surface area contributed by atoms with Crippen molar-refractivity contribution in [2.24, 2.45) is 0 Å². The van der Waals surface area contributed by atoms with Gasteiger partial charge in [-0.15, -0.1) is 0 Å². The SMILES string of the molecule is CCC(CC)N(C)C=CC(=O)OC. The van der Waals surface area contributed by atoms with Crippen LogP contribution in [0.1, 0.15) is 26.7 Å². The van der Waals surface area contributed by atoms with Crippen molar-refractivity contribution in [2.45, 2.75) is 32.7 Å². The van der Waals surface area contributed by atoms with Crippen LogP contribution in [0.15, 0.2) is 12.3 Å². The summed E-state index contributed by atoms with van der Waals surface area (Å²) in [5.41, 5.74) is 0. The number of esters is 1. The van der Waals surface area contributed by atoms with E-state index >= 15 is 0 Å². The van der Waals surface area contributed by atoms with E-state index < -0.39 is 0 Å². The van der Waals surface area contributed by atoms with Crippen LogP contribution in [0.25, 0.3) is 0 Å². The van der Waals surface area contributed by atoms with Gasteiger partial charge in [0.1, 0.15) is 0 Å². The highest BCUT2D eigenvalue weighted by atomic mass is 16.5. The highest BCUT2D eigenvalue weighted by molar-refractivity contribution is 5.81. The molecule has 0 amide bonds. The van der Waals surface area contributed by atoms with Gasteiger partial charge in [0.25, 0.3) is 0 Å². The first-order chi connectivity index (χ1) is 6.15. The zero-order valence-electron chi connectivity index (χ0n) is 8.91. The van der Waals surface area contributed by atoms with Crippen LogP contribution in [0.3, 0.4) is 0 Å². The summed E-state index contributed by atoms with van der Waals surface area (Å²) in [5, 5.41) is 0. The average molecular weight is 185 g/mol. The lowest BCUT2D eigenvalue weighted by atomic mass is 10.1. The zero-order chi connectivity index (χ0) is 10.3. The van der Waals surface area contributed by atoms with E-state index in [4.69, 9.17) is 0 Å². The molecule has 0 N–H and O–H groups in total. The minimum atomic E-state index is -0.308. The fraction of sp³-hybridized carbons (Fsp3) is 0.700. The Labute approximate surface area is 80.4 Å². The van der Waals surface area contributed by atoms with E-state index in [0.29, 0.717) is 6.04 Å². The molecule has 0 saturated carbocycles. The fourth-order valence-corrected chi connectivity index (χ4v) is 1.23. The van der Waals surface area contributed by atoms with Crippen molar-refractivity contribution in [3.05, 3.63) is 12.3 Å². The van der Waals surface area contributed by atoms with E-state index in [1.807, 2.05) is 11.9 Å². The Morgan fingerprint density at radius 1 is 1.46 bits per heavy atom. The quantitative estimate of drug-likeness (QED) is 0.483. The van der Waals surface area contributed by atoms with Crippen LogP contribution < -0.4 is 0 Å². The molecule has 3 nitrogen and oxygen atoms in total. The first-order valence-corrected chi connectivity index (χ1v) is 4.63. The number of nitrogens with zero attached hydrogens (tertiary/aromatic N) is 1. The van der Waals surface area contributed by atoms with Crippen LogP contribution in [0.2, 0.25) is 0 Å². The number of hydrogen-bond donors (Lipinski definition) is 0. The molecular weight excluding hydrogens is 166 g/mol. The summed E-state index contributed by atoms with van der Waals surface area (Å²) < 4.78 is 4.50. The van der Waals surface area contributed by atoms with Crippen LogP contribution >= 0.6 is 0 Å². The molecule has 0 saturated heterocycles. The van der Waals surface area contributed by atoms with Gasteiger partial charge in [-0.25, -0.2) is 4.79 Å². The highest BCUT2D eigenvalue weighted by Gasteiger charge is 2.05. The van der Waals surface area contributed by atoms with Gasteiger partial charge in [-0.2, -0.15) is 0 Å². The maximum Gasteiger partial charge on any atom is 0.331 e. The second-order valence-electron chi connectivity index (χ2n) is 2.97. The summed E-state index contributed by atoms with van der Waals surface area (Å²) in [5.74, 6) is -0.308. The number of hydrogen-bond acceptors (Lipinski definition) is 3. The van der Waals surface area contributed by atoms with Crippen molar-refractivity contribution in [3.63, 3.8) is 0 Å². The first kappa shape index (κ1) is 12.0. The van der Waals surface area contributed by atoms with E-state index in [0.717, 1.165) is 12.8 Å². The largest absolute Gasteiger partial charge is 0.466 e. The fourth-order valence-electron chi connectivity index (χ4n) is 1.23. The summed E-state index contributed by atoms with van der Waals surface area (Å²) in [7, 11) is 3.35. The minimum absolute atomic E-state index is 0.308. The number of methoxy groups -OCH3 is 1. The van der Waals surface area contributed by atoms with E-state index in [1.54, 1.807) is 6.20 Å². The first-order valence-electron chi connectivity index (χ1n) is 4.63. The number of carbonyl (C=O) groups excluding carboxylic acids is 1. The summed E-state index contributed by atoms with van der Waals surface area (Å²) >= 11 is 0. The Morgan fingerprint density at radius 2 is 2.00 bits per heavy atom. The van der Waals surface area contributed by atoms with Gasteiger partial charge < -0.3 is 9.64 Å². The number of carbonyl (C=O) groups is 1. The summed E-state index contributed by atoms with van der Waals surface area (Å²) in [6, 6.07) is 0.501. The van der Waals surface area contributed by atoms with Crippen molar-refractivity contribution in [3.8, 4) is 0 Å². The van der Waals surface area contributed by atoms with Crippen LogP contribution in [0.5, 0.6) is 0 Å². The molecular formula is C10H19NO2. The Hall–Kier alpha value is -0.990. The molecule has 0 atom stereocenters. The Kier molecular flexibility index (Phi) is 6.02. The van der Waals surface area contributed by atoms with Gasteiger partial charge in [-0.1, -0.05) is 13.8 Å². The molecule has 0 rings (SSSR count). The lowest BCUT2D eigenvalue weighted by Gasteiger charge is -2.24. The van der Waals surface area contributed by atoms with Crippen LogP contribution in [0, 0.1) is 0 Å². The van der Waals surface area contributed by atoms with Gasteiger partial charge in [0.05, 0.1) is 7.11 Å². The maximum atomic E-state index is 10.8. The van der Waals surface area contributed by atoms with Crippen molar-refractivity contribution in [2.75, 3.05) is 14.2 Å². The number of rotatable bonds is 5. The molecule has 0 radical (unpaired) electrons. The second kappa shape index (κ2) is 6.52. The van der Waals surface area contributed by atoms with Gasteiger partial charge in [0.2, 0.25) is 0 Å². The molecule has 0 fully saturated rings. The Bertz CT molecular complexity index is 174. The third kappa shape index (κ3) is 4.55. The molecule has 0 aromatic carbocycles. The van der Waals surface area contributed by atoms with Gasteiger partial charge >= 0.3 is 5.97 Å². The molecule has 3 heteroatoms. The van der Waals surface area contributed by atoms with Crippen LogP contribution in [0.4, 0.5) is 0 Å². The predicted octanol–water partition coefficient (Wildman–Crippen LogP) is 1.79. The van der Waals surface area contributed by atoms with Crippen LogP contribution in [-0.2, 0) is 9.53 Å². The Morgan fingerprint density at radius 3 is 2.38 bits per heavy atom. The smallest absolute Gasteiger partial charge is 0.331 e. The Balaban J connectivity index is 4.03. The summed E-state index contributed by atoms with van der Waals surface area (Å²) in [6.07, 6.45) is 5.37. The molecule has 0 aliphatic heterocycles. The normalized spacial score (nSPS) is 10.8. The lowest BCUT2D eigenvalue weighted by Crippen LogP contribution is -2.25. The van der Waals surface area contributed by atoms with Crippen molar-refractivity contribution in [1.29, 1.82) is 0 Å². The van der Waals surface area contributed by atoms with Gasteiger partial charge in [-0.05, 0) is 12.8 Å². The molecule has 0 aliphatic rings. The van der Waals surface area contributed by atoms with Crippen LogP contribution in [-0.4, -0.2) is 31.1 Å². The maximum absolute atomic E-state index is 10.8. The third-order valence-corrected chi connectivity index (χ3v) is 2.17. The molecule has 76 valence electrons. The highest BCUT2D eigenvalue weighted by Crippen LogP contribution is 2.05. The topological polar surface area (TPSA) is 29.5 Å². The molecule has 0 spiro atoms. The van der Waals surface area contributed by atoms with E-state index in [1.165, 1.54) is 13.2 Å². The van der Waals surface area contributed by atoms with Gasteiger partial charge in [0, 0.05) is 25.4 Å². The van der Waals surface area contributed by atoms with Crippen molar-refractivity contribution >= 4 is 5.97 Å². The summed E-state index contributed by atoms with van der Waals surface area (Å²) in [4.78, 5) is 12.8. The number of ether oxygens (including phenoxy) is 1.